The molecule has 1 aromatic rings. The van der Waals surface area contributed by atoms with Crippen molar-refractivity contribution in [2.45, 2.75) is 12.5 Å². The van der Waals surface area contributed by atoms with Crippen molar-refractivity contribution in [2.24, 2.45) is 5.73 Å². The fourth-order valence-corrected chi connectivity index (χ4v) is 2.98. The van der Waals surface area contributed by atoms with Crippen molar-refractivity contribution in [1.82, 2.24) is 15.1 Å². The number of carbonyl (C=O) groups is 5. The molecule has 1 heterocycles. The van der Waals surface area contributed by atoms with Crippen LogP contribution in [0, 0.1) is 5.41 Å². The maximum absolute atomic E-state index is 12.5. The number of nitrogens with two attached hydrogens (primary N) is 1. The van der Waals surface area contributed by atoms with E-state index in [1.165, 1.54) is 24.3 Å². The maximum atomic E-state index is 12.5. The molecule has 12 heteroatoms. The molecule has 1 aromatic carbocycles. The summed E-state index contributed by atoms with van der Waals surface area (Å²) in [7, 11) is 0. The van der Waals surface area contributed by atoms with E-state index < -0.39 is 55.2 Å². The summed E-state index contributed by atoms with van der Waals surface area (Å²) in [5.74, 6) is -4.75. The van der Waals surface area contributed by atoms with Crippen molar-refractivity contribution in [3.8, 4) is 0 Å². The molecule has 1 fully saturated rings. The Hall–Kier alpha value is -3.96. The fourth-order valence-electron chi connectivity index (χ4n) is 2.98. The number of hydrogen-bond acceptors (Lipinski definition) is 6. The minimum absolute atomic E-state index is 0.0566. The zero-order valence-corrected chi connectivity index (χ0v) is 15.8. The van der Waals surface area contributed by atoms with Gasteiger partial charge in [0.25, 0.3) is 5.91 Å². The first-order chi connectivity index (χ1) is 14.1. The van der Waals surface area contributed by atoms with E-state index in [4.69, 9.17) is 21.4 Å². The molecule has 0 saturated carbocycles. The summed E-state index contributed by atoms with van der Waals surface area (Å²) >= 11 is 0. The van der Waals surface area contributed by atoms with Crippen molar-refractivity contribution in [3.05, 3.63) is 35.4 Å². The minimum atomic E-state index is -1.35. The van der Waals surface area contributed by atoms with Gasteiger partial charge in [-0.25, -0.2) is 0 Å². The minimum Gasteiger partial charge on any atom is -0.481 e. The van der Waals surface area contributed by atoms with Crippen LogP contribution < -0.4 is 11.1 Å². The van der Waals surface area contributed by atoms with Gasteiger partial charge in [0, 0.05) is 24.2 Å². The summed E-state index contributed by atoms with van der Waals surface area (Å²) in [6.45, 7) is -1.19. The van der Waals surface area contributed by atoms with E-state index in [2.05, 4.69) is 5.32 Å². The van der Waals surface area contributed by atoms with E-state index in [0.29, 0.717) is 5.56 Å². The number of carboxylic acids is 2. The van der Waals surface area contributed by atoms with Gasteiger partial charge in [0.15, 0.2) is 0 Å². The number of piperazine rings is 1. The highest BCUT2D eigenvalue weighted by molar-refractivity contribution is 6.00. The number of carbonyl (C=O) groups excluding carboxylic acids is 3. The molecule has 0 aromatic heterocycles. The Labute approximate surface area is 170 Å². The average Bonchev–Trinajstić information content (AvgIpc) is 2.68. The highest BCUT2D eigenvalue weighted by Crippen LogP contribution is 2.15. The smallest absolute Gasteiger partial charge is 0.323 e. The first kappa shape index (κ1) is 22.3. The van der Waals surface area contributed by atoms with Gasteiger partial charge in [-0.3, -0.25) is 29.4 Å². The van der Waals surface area contributed by atoms with Crippen molar-refractivity contribution in [3.63, 3.8) is 0 Å². The highest BCUT2D eigenvalue weighted by Gasteiger charge is 2.39. The molecular weight excluding hydrogens is 398 g/mol. The number of nitrogens with one attached hydrogen (secondary N) is 2. The third-order valence-electron chi connectivity index (χ3n) is 4.46. The Balaban J connectivity index is 2.03. The summed E-state index contributed by atoms with van der Waals surface area (Å²) in [5, 5.41) is 27.6. The van der Waals surface area contributed by atoms with Gasteiger partial charge >= 0.3 is 11.9 Å². The molecule has 1 aliphatic rings. The van der Waals surface area contributed by atoms with Crippen LogP contribution in [-0.2, 0) is 19.2 Å². The van der Waals surface area contributed by atoms with Crippen LogP contribution in [0.2, 0.25) is 0 Å². The topological polar surface area (TPSA) is 194 Å². The van der Waals surface area contributed by atoms with Crippen molar-refractivity contribution in [1.29, 1.82) is 5.41 Å². The summed E-state index contributed by atoms with van der Waals surface area (Å²) in [6.07, 6.45) is -0.679. The third-order valence-corrected chi connectivity index (χ3v) is 4.46. The molecule has 1 saturated heterocycles. The van der Waals surface area contributed by atoms with Crippen molar-refractivity contribution in [2.75, 3.05) is 26.2 Å². The number of hydrogen-bond donors (Lipinski definition) is 5. The molecule has 0 radical (unpaired) electrons. The molecule has 2 rings (SSSR count). The molecule has 3 amide bonds. The number of nitrogens with zero attached hydrogens (tertiary/aromatic N) is 2. The number of rotatable bonds is 8. The Kier molecular flexibility index (Phi) is 7.07. The molecule has 0 bridgehead atoms. The lowest BCUT2D eigenvalue weighted by molar-refractivity contribution is -0.157. The van der Waals surface area contributed by atoms with Gasteiger partial charge in [0.05, 0.1) is 13.0 Å². The number of amides is 3. The third kappa shape index (κ3) is 5.53. The monoisotopic (exact) mass is 419 g/mol. The zero-order chi connectivity index (χ0) is 22.4. The van der Waals surface area contributed by atoms with Crippen molar-refractivity contribution < 1.29 is 34.2 Å². The Morgan fingerprint density at radius 3 is 2.20 bits per heavy atom. The fraction of sp³-hybridized carbons (Fsp3) is 0.333. The lowest BCUT2D eigenvalue weighted by Gasteiger charge is -2.39. The number of nitrogen functional groups attached to an aromatic ring is 1. The van der Waals surface area contributed by atoms with Crippen LogP contribution in [0.4, 0.5) is 0 Å². The standard InChI is InChI=1S/C18H21N5O7/c19-16(20)10-1-3-11(4-2-10)17(29)21-8-13(24)23-6-5-22(9-15(27)28)18(30)12(23)7-14(25)26/h1-4,12H,5-9H2,(H3,19,20)(H,21,29)(H,25,26)(H,27,28)/t12-/m0/s1. The first-order valence-electron chi connectivity index (χ1n) is 8.84. The maximum Gasteiger partial charge on any atom is 0.323 e. The summed E-state index contributed by atoms with van der Waals surface area (Å²) in [4.78, 5) is 61.2. The van der Waals surface area contributed by atoms with E-state index in [0.717, 1.165) is 9.80 Å². The van der Waals surface area contributed by atoms with Crippen LogP contribution in [0.25, 0.3) is 0 Å². The van der Waals surface area contributed by atoms with Crippen LogP contribution in [-0.4, -0.2) is 87.7 Å². The molecule has 30 heavy (non-hydrogen) atoms. The molecule has 6 N–H and O–H groups in total. The van der Waals surface area contributed by atoms with Crippen LogP contribution in [0.3, 0.4) is 0 Å². The SMILES string of the molecule is N=C(N)c1ccc(C(=O)NCC(=O)N2CCN(CC(=O)O)C(=O)[C@@H]2CC(=O)O)cc1. The zero-order valence-electron chi connectivity index (χ0n) is 15.8. The molecule has 0 unspecified atom stereocenters. The largest absolute Gasteiger partial charge is 0.481 e. The predicted octanol–water partition coefficient (Wildman–Crippen LogP) is -1.70. The van der Waals surface area contributed by atoms with Crippen LogP contribution in [0.1, 0.15) is 22.3 Å². The van der Waals surface area contributed by atoms with Gasteiger partial charge in [-0.15, -0.1) is 0 Å². The van der Waals surface area contributed by atoms with Gasteiger partial charge < -0.3 is 31.1 Å². The van der Waals surface area contributed by atoms with Crippen molar-refractivity contribution >= 4 is 35.5 Å². The average molecular weight is 419 g/mol. The number of aliphatic carboxylic acids is 2. The van der Waals surface area contributed by atoms with E-state index in [9.17, 15) is 24.0 Å². The lowest BCUT2D eigenvalue weighted by atomic mass is 10.1. The quantitative estimate of drug-likeness (QED) is 0.243. The van der Waals surface area contributed by atoms with E-state index >= 15 is 0 Å². The van der Waals surface area contributed by atoms with Gasteiger partial charge in [0.2, 0.25) is 11.8 Å². The second-order valence-electron chi connectivity index (χ2n) is 6.53. The van der Waals surface area contributed by atoms with Gasteiger partial charge in [0.1, 0.15) is 18.4 Å². The Morgan fingerprint density at radius 2 is 1.67 bits per heavy atom. The van der Waals surface area contributed by atoms with Crippen LogP contribution in [0.5, 0.6) is 0 Å². The molecule has 160 valence electrons. The van der Waals surface area contributed by atoms with Crippen LogP contribution in [0.15, 0.2) is 24.3 Å². The molecule has 1 aliphatic heterocycles. The second-order valence-corrected chi connectivity index (χ2v) is 6.53. The summed E-state index contributed by atoms with van der Waals surface area (Å²) < 4.78 is 0. The van der Waals surface area contributed by atoms with Crippen LogP contribution >= 0.6 is 0 Å². The van der Waals surface area contributed by atoms with E-state index in [-0.39, 0.29) is 24.5 Å². The van der Waals surface area contributed by atoms with Gasteiger partial charge in [-0.2, -0.15) is 0 Å². The van der Waals surface area contributed by atoms with E-state index in [1.54, 1.807) is 0 Å². The highest BCUT2D eigenvalue weighted by atomic mass is 16.4. The lowest BCUT2D eigenvalue weighted by Crippen LogP contribution is -2.61. The summed E-state index contributed by atoms with van der Waals surface area (Å²) in [5.41, 5.74) is 5.99. The summed E-state index contributed by atoms with van der Waals surface area (Å²) in [6, 6.07) is 4.45. The molecule has 0 spiro atoms. The molecule has 1 atom stereocenters. The second kappa shape index (κ2) is 9.49. The molecule has 12 nitrogen and oxygen atoms in total. The van der Waals surface area contributed by atoms with E-state index in [1.807, 2.05) is 0 Å². The first-order valence-corrected chi connectivity index (χ1v) is 8.84. The Bertz CT molecular complexity index is 883. The number of carboxylic acid groups (broad SMARTS) is 2. The predicted molar refractivity (Wildman–Crippen MR) is 102 cm³/mol. The molecular formula is C18H21N5O7. The Morgan fingerprint density at radius 1 is 1.07 bits per heavy atom. The normalized spacial score (nSPS) is 16.1. The molecule has 0 aliphatic carbocycles. The van der Waals surface area contributed by atoms with Gasteiger partial charge in [-0.1, -0.05) is 12.1 Å². The van der Waals surface area contributed by atoms with Gasteiger partial charge in [-0.05, 0) is 12.1 Å². The number of benzene rings is 1. The number of amidine groups is 1.